The fourth-order valence-corrected chi connectivity index (χ4v) is 4.57. The standard InChI is InChI=1S/C17H30N2O/c20-17(13-18-15-9-4-5-10-15)19-12-6-11-16(19)14-7-2-1-3-8-14/h14-16,18H,1-13H2. The molecule has 3 nitrogen and oxygen atoms in total. The van der Waals surface area contributed by atoms with Crippen LogP contribution >= 0.6 is 0 Å². The number of amides is 1. The third-order valence-corrected chi connectivity index (χ3v) is 5.71. The Morgan fingerprint density at radius 3 is 2.35 bits per heavy atom. The first-order valence-electron chi connectivity index (χ1n) is 8.87. The van der Waals surface area contributed by atoms with E-state index >= 15 is 0 Å². The Morgan fingerprint density at radius 2 is 1.60 bits per heavy atom. The average molecular weight is 278 g/mol. The summed E-state index contributed by atoms with van der Waals surface area (Å²) in [5.74, 6) is 1.16. The highest BCUT2D eigenvalue weighted by Crippen LogP contribution is 2.34. The third-order valence-electron chi connectivity index (χ3n) is 5.71. The Hall–Kier alpha value is -0.570. The maximum absolute atomic E-state index is 12.5. The number of hydrogen-bond acceptors (Lipinski definition) is 2. The molecule has 1 atom stereocenters. The lowest BCUT2D eigenvalue weighted by Gasteiger charge is -2.34. The summed E-state index contributed by atoms with van der Waals surface area (Å²) in [4.78, 5) is 14.7. The summed E-state index contributed by atoms with van der Waals surface area (Å²) >= 11 is 0. The zero-order valence-electron chi connectivity index (χ0n) is 12.8. The number of nitrogens with one attached hydrogen (secondary N) is 1. The summed E-state index contributed by atoms with van der Waals surface area (Å²) in [6, 6.07) is 1.17. The molecule has 0 aromatic rings. The van der Waals surface area contributed by atoms with Crippen LogP contribution in [0.2, 0.25) is 0 Å². The molecule has 2 aliphatic carbocycles. The number of hydrogen-bond donors (Lipinski definition) is 1. The van der Waals surface area contributed by atoms with Crippen molar-refractivity contribution in [3.05, 3.63) is 0 Å². The van der Waals surface area contributed by atoms with Gasteiger partial charge in [0, 0.05) is 18.6 Å². The first kappa shape index (κ1) is 14.4. The maximum atomic E-state index is 12.5. The van der Waals surface area contributed by atoms with E-state index in [4.69, 9.17) is 0 Å². The lowest BCUT2D eigenvalue weighted by molar-refractivity contribution is -0.132. The number of nitrogens with zero attached hydrogens (tertiary/aromatic N) is 1. The van der Waals surface area contributed by atoms with Gasteiger partial charge in [0.2, 0.25) is 5.91 Å². The van der Waals surface area contributed by atoms with Crippen LogP contribution in [0.15, 0.2) is 0 Å². The van der Waals surface area contributed by atoms with Crippen molar-refractivity contribution < 1.29 is 4.79 Å². The van der Waals surface area contributed by atoms with Crippen LogP contribution in [0, 0.1) is 5.92 Å². The molecule has 1 unspecified atom stereocenters. The molecule has 3 fully saturated rings. The van der Waals surface area contributed by atoms with Gasteiger partial charge in [0.25, 0.3) is 0 Å². The van der Waals surface area contributed by atoms with Crippen molar-refractivity contribution in [2.24, 2.45) is 5.92 Å². The van der Waals surface area contributed by atoms with Crippen molar-refractivity contribution in [2.75, 3.05) is 13.1 Å². The second-order valence-electron chi connectivity index (χ2n) is 7.06. The molecule has 0 aromatic carbocycles. The molecule has 0 spiro atoms. The van der Waals surface area contributed by atoms with Crippen LogP contribution in [0.4, 0.5) is 0 Å². The van der Waals surface area contributed by atoms with Crippen LogP contribution in [0.1, 0.15) is 70.6 Å². The van der Waals surface area contributed by atoms with Crippen molar-refractivity contribution in [1.82, 2.24) is 10.2 Å². The van der Waals surface area contributed by atoms with E-state index in [-0.39, 0.29) is 0 Å². The van der Waals surface area contributed by atoms with Gasteiger partial charge in [-0.1, -0.05) is 32.1 Å². The molecule has 0 radical (unpaired) electrons. The molecule has 2 saturated carbocycles. The summed E-state index contributed by atoms with van der Waals surface area (Å²) in [5.41, 5.74) is 0. The highest BCUT2D eigenvalue weighted by Gasteiger charge is 2.35. The summed E-state index contributed by atoms with van der Waals surface area (Å²) in [5, 5.41) is 3.49. The minimum atomic E-state index is 0.366. The molecule has 114 valence electrons. The second kappa shape index (κ2) is 6.93. The van der Waals surface area contributed by atoms with Crippen molar-refractivity contribution in [1.29, 1.82) is 0 Å². The first-order valence-corrected chi connectivity index (χ1v) is 8.87. The number of likely N-dealkylation sites (tertiary alicyclic amines) is 1. The zero-order valence-corrected chi connectivity index (χ0v) is 12.8. The molecular weight excluding hydrogens is 248 g/mol. The summed E-state index contributed by atoms with van der Waals surface area (Å²) in [7, 11) is 0. The van der Waals surface area contributed by atoms with Crippen LogP contribution in [-0.2, 0) is 4.79 Å². The van der Waals surface area contributed by atoms with Gasteiger partial charge >= 0.3 is 0 Å². The van der Waals surface area contributed by atoms with Crippen molar-refractivity contribution in [2.45, 2.75) is 82.7 Å². The SMILES string of the molecule is O=C(CNC1CCCC1)N1CCCC1C1CCCCC1. The Kier molecular flexibility index (Phi) is 4.98. The topological polar surface area (TPSA) is 32.3 Å². The molecule has 3 rings (SSSR count). The molecule has 0 aromatic heterocycles. The molecular formula is C17H30N2O. The quantitative estimate of drug-likeness (QED) is 0.857. The molecule has 1 N–H and O–H groups in total. The van der Waals surface area contributed by atoms with E-state index in [9.17, 15) is 4.79 Å². The lowest BCUT2D eigenvalue weighted by Crippen LogP contribution is -2.46. The molecule has 20 heavy (non-hydrogen) atoms. The number of carbonyl (C=O) groups excluding carboxylic acids is 1. The second-order valence-corrected chi connectivity index (χ2v) is 7.06. The van der Waals surface area contributed by atoms with Gasteiger partial charge in [0.05, 0.1) is 6.54 Å². The Balaban J connectivity index is 1.49. The highest BCUT2D eigenvalue weighted by atomic mass is 16.2. The van der Waals surface area contributed by atoms with E-state index in [0.29, 0.717) is 24.5 Å². The van der Waals surface area contributed by atoms with Crippen LogP contribution in [0.25, 0.3) is 0 Å². The normalized spacial score (nSPS) is 29.2. The van der Waals surface area contributed by atoms with Crippen LogP contribution < -0.4 is 5.32 Å². The van der Waals surface area contributed by atoms with Crippen LogP contribution in [-0.4, -0.2) is 36.0 Å². The van der Waals surface area contributed by atoms with Gasteiger partial charge in [-0.25, -0.2) is 0 Å². The summed E-state index contributed by atoms with van der Waals surface area (Å²) in [6.45, 7) is 1.58. The van der Waals surface area contributed by atoms with Gasteiger partial charge in [0.1, 0.15) is 0 Å². The van der Waals surface area contributed by atoms with Gasteiger partial charge in [0.15, 0.2) is 0 Å². The minimum absolute atomic E-state index is 0.366. The van der Waals surface area contributed by atoms with Gasteiger partial charge in [-0.05, 0) is 44.4 Å². The minimum Gasteiger partial charge on any atom is -0.338 e. The average Bonchev–Trinajstić information content (AvgIpc) is 3.17. The Morgan fingerprint density at radius 1 is 0.900 bits per heavy atom. The van der Waals surface area contributed by atoms with E-state index in [0.717, 1.165) is 12.5 Å². The summed E-state index contributed by atoms with van der Waals surface area (Å²) < 4.78 is 0. The number of carbonyl (C=O) groups is 1. The fourth-order valence-electron chi connectivity index (χ4n) is 4.57. The lowest BCUT2D eigenvalue weighted by atomic mass is 9.83. The van der Waals surface area contributed by atoms with E-state index in [2.05, 4.69) is 10.2 Å². The molecule has 3 heteroatoms. The maximum Gasteiger partial charge on any atom is 0.236 e. The zero-order chi connectivity index (χ0) is 13.8. The molecule has 3 aliphatic rings. The van der Waals surface area contributed by atoms with E-state index < -0.39 is 0 Å². The summed E-state index contributed by atoms with van der Waals surface area (Å²) in [6.07, 6.45) is 14.5. The molecule has 1 heterocycles. The Labute approximate surface area is 123 Å². The van der Waals surface area contributed by atoms with Crippen molar-refractivity contribution in [3.63, 3.8) is 0 Å². The first-order chi connectivity index (χ1) is 9.84. The van der Waals surface area contributed by atoms with Gasteiger partial charge in [-0.3, -0.25) is 4.79 Å². The van der Waals surface area contributed by atoms with Crippen LogP contribution in [0.5, 0.6) is 0 Å². The predicted octanol–water partition coefficient (Wildman–Crippen LogP) is 3.09. The van der Waals surface area contributed by atoms with Crippen LogP contribution in [0.3, 0.4) is 0 Å². The monoisotopic (exact) mass is 278 g/mol. The van der Waals surface area contributed by atoms with Crippen molar-refractivity contribution >= 4 is 5.91 Å². The van der Waals surface area contributed by atoms with E-state index in [1.807, 2.05) is 0 Å². The van der Waals surface area contributed by atoms with Gasteiger partial charge < -0.3 is 10.2 Å². The Bertz CT molecular complexity index is 319. The predicted molar refractivity (Wildman–Crippen MR) is 81.6 cm³/mol. The third kappa shape index (κ3) is 3.36. The van der Waals surface area contributed by atoms with E-state index in [1.54, 1.807) is 0 Å². The van der Waals surface area contributed by atoms with Gasteiger partial charge in [-0.2, -0.15) is 0 Å². The van der Waals surface area contributed by atoms with E-state index in [1.165, 1.54) is 70.6 Å². The molecule has 0 bridgehead atoms. The molecule has 1 amide bonds. The number of rotatable bonds is 4. The van der Waals surface area contributed by atoms with Gasteiger partial charge in [-0.15, -0.1) is 0 Å². The fraction of sp³-hybridized carbons (Fsp3) is 0.941. The largest absolute Gasteiger partial charge is 0.338 e. The van der Waals surface area contributed by atoms with Crippen molar-refractivity contribution in [3.8, 4) is 0 Å². The molecule has 1 saturated heterocycles. The molecule has 1 aliphatic heterocycles. The highest BCUT2D eigenvalue weighted by molar-refractivity contribution is 5.79. The smallest absolute Gasteiger partial charge is 0.236 e.